The van der Waals surface area contributed by atoms with Crippen LogP contribution in [0.15, 0.2) is 59.6 Å². The van der Waals surface area contributed by atoms with E-state index >= 15 is 0 Å². The van der Waals surface area contributed by atoms with E-state index in [0.29, 0.717) is 0 Å². The second-order valence-corrected chi connectivity index (χ2v) is 6.69. The number of hydrogen-bond acceptors (Lipinski definition) is 1. The monoisotopic (exact) mass is 388 g/mol. The van der Waals surface area contributed by atoms with Gasteiger partial charge in [0.15, 0.2) is 5.78 Å². The number of carbonyl (C=O) groups is 1. The fraction of sp³-hybridized carbons (Fsp3) is 0.318. The molecule has 2 rings (SSSR count). The van der Waals surface area contributed by atoms with Gasteiger partial charge in [0, 0.05) is 4.47 Å². The average molecular weight is 389 g/mol. The number of rotatable bonds is 3. The number of halogens is 1. The molecular weight excluding hydrogens is 360 g/mol. The third-order valence-corrected chi connectivity index (χ3v) is 3.93. The summed E-state index contributed by atoms with van der Waals surface area (Å²) < 4.78 is 1.16. The predicted molar refractivity (Wildman–Crippen MR) is 110 cm³/mol. The van der Waals surface area contributed by atoms with Gasteiger partial charge in [0.25, 0.3) is 0 Å². The molecule has 130 valence electrons. The first-order chi connectivity index (χ1) is 11.3. The molecule has 0 saturated heterocycles. The number of allylic oxidation sites excluding steroid dienone is 1. The first kappa shape index (κ1) is 22.3. The first-order valence-electron chi connectivity index (χ1n) is 8.21. The van der Waals surface area contributed by atoms with Gasteiger partial charge in [0.2, 0.25) is 0 Å². The molecule has 0 fully saturated rings. The van der Waals surface area contributed by atoms with Crippen molar-refractivity contribution in [3.05, 3.63) is 81.8 Å². The van der Waals surface area contributed by atoms with E-state index in [1.165, 1.54) is 48.1 Å². The summed E-state index contributed by atoms with van der Waals surface area (Å²) in [6, 6.07) is 15.0. The molecular formula is C22H29BrO. The van der Waals surface area contributed by atoms with Crippen molar-refractivity contribution in [1.82, 2.24) is 0 Å². The maximum Gasteiger partial charge on any atom is 0.152 e. The van der Waals surface area contributed by atoms with Crippen molar-refractivity contribution in [1.29, 1.82) is 0 Å². The number of benzene rings is 2. The fourth-order valence-electron chi connectivity index (χ4n) is 1.83. The van der Waals surface area contributed by atoms with Gasteiger partial charge in [-0.25, -0.2) is 0 Å². The standard InChI is InChI=1S/C9H11Br.C9H12.C4H6O/c1-2-3-8-4-6-9(10)7-5-8;1-7-4-5-8(2)9(3)6-7;1-3-4(2)5/h4-7H,2-3H2,1H3;4-6H,1-3H3;3H,1H2,2H3. The lowest BCUT2D eigenvalue weighted by Crippen LogP contribution is -1.80. The minimum Gasteiger partial charge on any atom is -0.295 e. The van der Waals surface area contributed by atoms with Crippen molar-refractivity contribution >= 4 is 21.7 Å². The maximum absolute atomic E-state index is 9.69. The molecule has 2 heteroatoms. The van der Waals surface area contributed by atoms with Crippen molar-refractivity contribution < 1.29 is 4.79 Å². The van der Waals surface area contributed by atoms with Crippen LogP contribution in [0.25, 0.3) is 0 Å². The number of carbonyl (C=O) groups excluding carboxylic acids is 1. The molecule has 0 N–H and O–H groups in total. The van der Waals surface area contributed by atoms with E-state index in [-0.39, 0.29) is 5.78 Å². The molecule has 0 aliphatic rings. The highest BCUT2D eigenvalue weighted by atomic mass is 79.9. The minimum absolute atomic E-state index is 0.0185. The summed E-state index contributed by atoms with van der Waals surface area (Å²) in [5, 5.41) is 0. The van der Waals surface area contributed by atoms with Crippen molar-refractivity contribution in [2.45, 2.75) is 47.5 Å². The molecule has 2 aromatic rings. The summed E-state index contributed by atoms with van der Waals surface area (Å²) in [4.78, 5) is 9.69. The van der Waals surface area contributed by atoms with Gasteiger partial charge in [0.05, 0.1) is 0 Å². The van der Waals surface area contributed by atoms with Crippen LogP contribution < -0.4 is 0 Å². The van der Waals surface area contributed by atoms with Crippen LogP contribution in [-0.2, 0) is 11.2 Å². The summed E-state index contributed by atoms with van der Waals surface area (Å²) >= 11 is 3.40. The molecule has 2 aromatic carbocycles. The smallest absolute Gasteiger partial charge is 0.152 e. The Morgan fingerprint density at radius 2 is 1.58 bits per heavy atom. The van der Waals surface area contributed by atoms with E-state index in [1.807, 2.05) is 0 Å². The largest absolute Gasteiger partial charge is 0.295 e. The molecule has 0 aromatic heterocycles. The van der Waals surface area contributed by atoms with Crippen LogP contribution >= 0.6 is 15.9 Å². The lowest BCUT2D eigenvalue weighted by Gasteiger charge is -1.98. The van der Waals surface area contributed by atoms with Gasteiger partial charge in [-0.1, -0.05) is 71.7 Å². The van der Waals surface area contributed by atoms with Crippen molar-refractivity contribution in [2.24, 2.45) is 0 Å². The van der Waals surface area contributed by atoms with Crippen LogP contribution in [0.3, 0.4) is 0 Å². The van der Waals surface area contributed by atoms with Crippen molar-refractivity contribution in [3.63, 3.8) is 0 Å². The molecule has 1 nitrogen and oxygen atoms in total. The second kappa shape index (κ2) is 12.7. The molecule has 0 heterocycles. The van der Waals surface area contributed by atoms with Gasteiger partial charge in [0.1, 0.15) is 0 Å². The lowest BCUT2D eigenvalue weighted by atomic mass is 10.1. The third kappa shape index (κ3) is 11.0. The Bertz CT molecular complexity index is 627. The Hall–Kier alpha value is -1.67. The Kier molecular flexibility index (Phi) is 11.8. The molecule has 0 bridgehead atoms. The van der Waals surface area contributed by atoms with Crippen LogP contribution in [0.1, 0.15) is 42.5 Å². The van der Waals surface area contributed by atoms with Crippen molar-refractivity contribution in [3.8, 4) is 0 Å². The highest BCUT2D eigenvalue weighted by molar-refractivity contribution is 9.10. The highest BCUT2D eigenvalue weighted by Crippen LogP contribution is 2.11. The Morgan fingerprint density at radius 1 is 1.04 bits per heavy atom. The minimum atomic E-state index is 0.0185. The van der Waals surface area contributed by atoms with Gasteiger partial charge in [-0.3, -0.25) is 4.79 Å². The fourth-order valence-corrected chi connectivity index (χ4v) is 2.10. The molecule has 0 spiro atoms. The Labute approximate surface area is 155 Å². The molecule has 0 aliphatic heterocycles. The number of aryl methyl sites for hydroxylation is 4. The van der Waals surface area contributed by atoms with Crippen LogP contribution in [0.2, 0.25) is 0 Å². The SMILES string of the molecule is C=CC(C)=O.CCCc1ccc(Br)cc1.Cc1ccc(C)c(C)c1. The molecule has 24 heavy (non-hydrogen) atoms. The van der Waals surface area contributed by atoms with Crippen LogP contribution in [0.4, 0.5) is 0 Å². The molecule has 0 radical (unpaired) electrons. The summed E-state index contributed by atoms with van der Waals surface area (Å²) in [5.74, 6) is 0.0185. The van der Waals surface area contributed by atoms with Gasteiger partial charge < -0.3 is 0 Å². The zero-order valence-corrected chi connectivity index (χ0v) is 17.1. The lowest BCUT2D eigenvalue weighted by molar-refractivity contribution is -0.112. The summed E-state index contributed by atoms with van der Waals surface area (Å²) in [7, 11) is 0. The highest BCUT2D eigenvalue weighted by Gasteiger charge is 1.89. The van der Waals surface area contributed by atoms with E-state index in [2.05, 4.69) is 92.7 Å². The second-order valence-electron chi connectivity index (χ2n) is 5.78. The van der Waals surface area contributed by atoms with Gasteiger partial charge in [-0.05, 0) is 69.0 Å². The zero-order valence-electron chi connectivity index (χ0n) is 15.5. The summed E-state index contributed by atoms with van der Waals surface area (Å²) in [6.07, 6.45) is 3.69. The third-order valence-electron chi connectivity index (χ3n) is 3.40. The van der Waals surface area contributed by atoms with Crippen molar-refractivity contribution in [2.75, 3.05) is 0 Å². The predicted octanol–water partition coefficient (Wildman–Crippen LogP) is 6.77. The van der Waals surface area contributed by atoms with Gasteiger partial charge in [-0.15, -0.1) is 0 Å². The summed E-state index contributed by atoms with van der Waals surface area (Å²) in [5.41, 5.74) is 5.53. The van der Waals surface area contributed by atoms with E-state index in [9.17, 15) is 4.79 Å². The molecule has 0 amide bonds. The molecule has 0 atom stereocenters. The van der Waals surface area contributed by atoms with E-state index in [0.717, 1.165) is 4.47 Å². The van der Waals surface area contributed by atoms with Crippen LogP contribution in [0, 0.1) is 20.8 Å². The Balaban J connectivity index is 0.000000351. The maximum atomic E-state index is 9.69. The molecule has 0 aliphatic carbocycles. The Morgan fingerprint density at radius 3 is 1.96 bits per heavy atom. The van der Waals surface area contributed by atoms with Gasteiger partial charge in [-0.2, -0.15) is 0 Å². The molecule has 0 saturated carbocycles. The van der Waals surface area contributed by atoms with Crippen LogP contribution in [-0.4, -0.2) is 5.78 Å². The normalized spacial score (nSPS) is 9.08. The topological polar surface area (TPSA) is 17.1 Å². The summed E-state index contributed by atoms with van der Waals surface area (Å²) in [6.45, 7) is 13.3. The quantitative estimate of drug-likeness (QED) is 0.529. The van der Waals surface area contributed by atoms with E-state index in [4.69, 9.17) is 0 Å². The average Bonchev–Trinajstić information content (AvgIpc) is 2.55. The van der Waals surface area contributed by atoms with Gasteiger partial charge >= 0.3 is 0 Å². The van der Waals surface area contributed by atoms with E-state index in [1.54, 1.807) is 0 Å². The number of ketones is 1. The first-order valence-corrected chi connectivity index (χ1v) is 9.00. The van der Waals surface area contributed by atoms with Crippen LogP contribution in [0.5, 0.6) is 0 Å². The number of hydrogen-bond donors (Lipinski definition) is 0. The van der Waals surface area contributed by atoms with E-state index < -0.39 is 0 Å². The molecule has 0 unspecified atom stereocenters. The zero-order chi connectivity index (χ0) is 18.5.